The Labute approximate surface area is 470 Å². The summed E-state index contributed by atoms with van der Waals surface area (Å²) in [5.74, 6) is -1.02. The zero-order valence-electron chi connectivity index (χ0n) is 48.9. The Morgan fingerprint density at radius 3 is 2.06 bits per heavy atom. The van der Waals surface area contributed by atoms with Crippen molar-refractivity contribution in [1.29, 1.82) is 0 Å². The first-order chi connectivity index (χ1) is 38.0. The number of hydrogen-bond donors (Lipinski definition) is 3. The molecular formula is C67H101N3O8. The van der Waals surface area contributed by atoms with Gasteiger partial charge in [0, 0.05) is 50.6 Å². The minimum atomic E-state index is -1.42. The van der Waals surface area contributed by atoms with E-state index < -0.39 is 29.4 Å². The molecule has 6 rings (SSSR count). The van der Waals surface area contributed by atoms with Crippen LogP contribution >= 0.6 is 0 Å². The Morgan fingerprint density at radius 1 is 0.782 bits per heavy atom. The summed E-state index contributed by atoms with van der Waals surface area (Å²) < 4.78 is 21.1. The second kappa shape index (κ2) is 33.1. The van der Waals surface area contributed by atoms with Crippen LogP contribution in [-0.2, 0) is 20.9 Å². The van der Waals surface area contributed by atoms with Gasteiger partial charge in [-0.3, -0.25) is 4.79 Å². The molecule has 2 amide bonds. The van der Waals surface area contributed by atoms with E-state index in [9.17, 15) is 15.0 Å². The van der Waals surface area contributed by atoms with E-state index in [1.807, 2.05) is 43.9 Å². The van der Waals surface area contributed by atoms with Crippen molar-refractivity contribution in [3.8, 4) is 11.5 Å². The largest absolute Gasteiger partial charge is 0.459 e. The van der Waals surface area contributed by atoms with Gasteiger partial charge in [-0.15, -0.1) is 6.58 Å². The molecule has 0 aromatic heterocycles. The lowest BCUT2D eigenvalue weighted by molar-refractivity contribution is -0.258. The van der Waals surface area contributed by atoms with Crippen LogP contribution in [0.4, 0.5) is 4.79 Å². The van der Waals surface area contributed by atoms with Crippen LogP contribution in [0.25, 0.3) is 10.8 Å². The van der Waals surface area contributed by atoms with Crippen molar-refractivity contribution in [3.05, 3.63) is 96.1 Å². The topological polar surface area (TPSA) is 139 Å². The van der Waals surface area contributed by atoms with Crippen molar-refractivity contribution in [2.75, 3.05) is 26.4 Å². The van der Waals surface area contributed by atoms with Crippen LogP contribution in [0.15, 0.2) is 90.1 Å². The highest BCUT2D eigenvalue weighted by Crippen LogP contribution is 2.62. The lowest BCUT2D eigenvalue weighted by Crippen LogP contribution is -2.70. The number of amides is 2. The molecule has 6 atom stereocenters. The minimum Gasteiger partial charge on any atom is -0.459 e. The number of nitrogens with zero attached hydrogens (tertiary/aromatic N) is 2. The number of oxime groups is 1. The highest BCUT2D eigenvalue weighted by molar-refractivity contribution is 6.03. The maximum atomic E-state index is 15.6. The number of carbonyl (C=O) groups is 2. The summed E-state index contributed by atoms with van der Waals surface area (Å²) in [6.45, 7) is 15.9. The van der Waals surface area contributed by atoms with Crippen LogP contribution < -0.4 is 14.8 Å². The quantitative estimate of drug-likeness (QED) is 0.0295. The molecule has 3 N–H and O–H groups in total. The van der Waals surface area contributed by atoms with Gasteiger partial charge in [0.05, 0.1) is 18.2 Å². The summed E-state index contributed by atoms with van der Waals surface area (Å²) >= 11 is 0. The molecule has 11 heteroatoms. The average molecular weight is 1080 g/mol. The Bertz CT molecular complexity index is 2330. The molecule has 3 aromatic carbocycles. The van der Waals surface area contributed by atoms with Gasteiger partial charge in [0.2, 0.25) is 11.7 Å². The first kappa shape index (κ1) is 62.5. The number of carbonyl (C=O) groups excluding carboxylic acids is 2. The lowest BCUT2D eigenvalue weighted by Gasteiger charge is -2.60. The summed E-state index contributed by atoms with van der Waals surface area (Å²) in [5, 5.41) is 30.6. The molecule has 432 valence electrons. The van der Waals surface area contributed by atoms with Crippen LogP contribution in [-0.4, -0.2) is 76.6 Å². The number of rotatable bonds is 37. The predicted octanol–water partition coefficient (Wildman–Crippen LogP) is 16.2. The highest BCUT2D eigenvalue weighted by atomic mass is 16.7. The fourth-order valence-corrected chi connectivity index (χ4v) is 12.6. The maximum absolute atomic E-state index is 15.6. The lowest BCUT2D eigenvalue weighted by atomic mass is 9.55. The van der Waals surface area contributed by atoms with Crippen molar-refractivity contribution in [2.24, 2.45) is 22.9 Å². The molecule has 3 aromatic rings. The van der Waals surface area contributed by atoms with Gasteiger partial charge >= 0.3 is 6.09 Å². The zero-order chi connectivity index (χ0) is 55.6. The number of aliphatic hydroxyl groups excluding tert-OH is 2. The van der Waals surface area contributed by atoms with Crippen molar-refractivity contribution >= 4 is 28.5 Å². The standard InChI is InChI=1S/C67H101N3O8/c1-7-10-12-14-16-18-20-22-24-30-43-68-65(74)76-54-41-42-60-58(48-54)63-56(39-29-32-45-72)52(35-28-31-44-71)47-57-59(69-78-66(4,5)6)49-61(67(77-60,64(57)63)75-46-9-3)70(50-53-37-33-36-51-34-26-27-38-55(51)53)62(73)40-25-23-21-19-17-15-13-11-8-2/h9,26-27,33-34,36-38,41-42,47-48,52,56,61,63-64,71-72H,3,7-8,10-25,28-32,35,39-40,43-46,49-50H2,1-2,4-6H3,(H,68,74)/t52-,56+,61-,63+,64+,67+/m0/s1. The molecule has 1 aliphatic heterocycles. The van der Waals surface area contributed by atoms with Crippen molar-refractivity contribution in [3.63, 3.8) is 0 Å². The molecule has 0 unspecified atom stereocenters. The molecule has 0 saturated heterocycles. The van der Waals surface area contributed by atoms with Crippen LogP contribution in [0.3, 0.4) is 0 Å². The van der Waals surface area contributed by atoms with Crippen molar-refractivity contribution in [2.45, 2.75) is 238 Å². The third-order valence-electron chi connectivity index (χ3n) is 16.5. The summed E-state index contributed by atoms with van der Waals surface area (Å²) in [4.78, 5) is 37.6. The third-order valence-corrected chi connectivity index (χ3v) is 16.5. The third kappa shape index (κ3) is 18.2. The Kier molecular flexibility index (Phi) is 26.5. The van der Waals surface area contributed by atoms with E-state index in [4.69, 9.17) is 24.2 Å². The second-order valence-electron chi connectivity index (χ2n) is 23.7. The normalized spacial score (nSPS) is 21.1. The molecule has 1 fully saturated rings. The van der Waals surface area contributed by atoms with Crippen LogP contribution in [0.1, 0.15) is 225 Å². The SMILES string of the molecule is C=CCO[C@@]12Oc3ccc(OC(=O)NCCCCCCCCCCCC)cc3[C@H]3[C@H](CCCCO)[C@@H](CCCCO)C=C(C(=NOC(C)(C)C)C[C@@H]1N(Cc1cccc4ccccc14)C(=O)CCCCCCCCCCC)[C@H]32. The molecule has 1 saturated carbocycles. The molecule has 78 heavy (non-hydrogen) atoms. The average Bonchev–Trinajstić information content (AvgIpc) is 3.63. The Hall–Kier alpha value is -4.71. The summed E-state index contributed by atoms with van der Waals surface area (Å²) in [5.41, 5.74) is 3.06. The van der Waals surface area contributed by atoms with E-state index in [0.717, 1.165) is 97.4 Å². The van der Waals surface area contributed by atoms with Gasteiger partial charge in [-0.05, 0) is 111 Å². The molecule has 3 aliphatic rings. The van der Waals surface area contributed by atoms with Gasteiger partial charge < -0.3 is 39.5 Å². The summed E-state index contributed by atoms with van der Waals surface area (Å²) in [6, 6.07) is 19.7. The number of benzene rings is 3. The molecule has 2 aliphatic carbocycles. The van der Waals surface area contributed by atoms with Crippen molar-refractivity contribution in [1.82, 2.24) is 10.2 Å². The Balaban J connectivity index is 1.42. The van der Waals surface area contributed by atoms with Gasteiger partial charge in [-0.2, -0.15) is 0 Å². The van der Waals surface area contributed by atoms with Gasteiger partial charge in [0.25, 0.3) is 0 Å². The number of allylic oxidation sites excluding steroid dienone is 1. The fourth-order valence-electron chi connectivity index (χ4n) is 12.6. The molecular weight excluding hydrogens is 975 g/mol. The van der Waals surface area contributed by atoms with Gasteiger partial charge in [-0.25, -0.2) is 4.79 Å². The van der Waals surface area contributed by atoms with Crippen LogP contribution in [0, 0.1) is 17.8 Å². The van der Waals surface area contributed by atoms with E-state index >= 15 is 4.79 Å². The number of nitrogens with one attached hydrogen (secondary N) is 1. The number of hydrogen-bond acceptors (Lipinski definition) is 9. The van der Waals surface area contributed by atoms with Crippen molar-refractivity contribution < 1.29 is 38.9 Å². The monoisotopic (exact) mass is 1080 g/mol. The number of unbranched alkanes of at least 4 members (excludes halogenated alkanes) is 19. The maximum Gasteiger partial charge on any atom is 0.412 e. The van der Waals surface area contributed by atoms with Gasteiger partial charge in [-0.1, -0.05) is 196 Å². The molecule has 1 heterocycles. The minimum absolute atomic E-state index is 0.0199. The van der Waals surface area contributed by atoms with E-state index in [2.05, 4.69) is 74.3 Å². The van der Waals surface area contributed by atoms with E-state index in [-0.39, 0.29) is 43.5 Å². The fraction of sp³-hybridized carbons (Fsp3) is 0.657. The van der Waals surface area contributed by atoms with Gasteiger partial charge in [0.1, 0.15) is 23.1 Å². The summed E-state index contributed by atoms with van der Waals surface area (Å²) in [7, 11) is 0. The highest BCUT2D eigenvalue weighted by Gasteiger charge is 2.65. The first-order valence-corrected chi connectivity index (χ1v) is 31.0. The number of aliphatic hydroxyl groups is 2. The molecule has 0 bridgehead atoms. The number of ether oxygens (including phenoxy) is 3. The molecule has 11 nitrogen and oxygen atoms in total. The summed E-state index contributed by atoms with van der Waals surface area (Å²) in [6.07, 6.45) is 31.4. The zero-order valence-corrected chi connectivity index (χ0v) is 48.9. The van der Waals surface area contributed by atoms with Crippen LogP contribution in [0.5, 0.6) is 11.5 Å². The molecule has 0 spiro atoms. The van der Waals surface area contributed by atoms with E-state index in [1.54, 1.807) is 6.08 Å². The van der Waals surface area contributed by atoms with Crippen LogP contribution in [0.2, 0.25) is 0 Å². The van der Waals surface area contributed by atoms with E-state index in [1.165, 1.54) is 83.5 Å². The van der Waals surface area contributed by atoms with Gasteiger partial charge in [0.15, 0.2) is 0 Å². The predicted molar refractivity (Wildman–Crippen MR) is 318 cm³/mol. The van der Waals surface area contributed by atoms with E-state index in [0.29, 0.717) is 50.3 Å². The Morgan fingerprint density at radius 2 is 1.41 bits per heavy atom. The smallest absolute Gasteiger partial charge is 0.412 e. The second-order valence-corrected chi connectivity index (χ2v) is 23.7. The molecule has 0 radical (unpaired) electrons. The first-order valence-electron chi connectivity index (χ1n) is 31.0. The number of fused-ring (bicyclic) bond motifs is 3.